The van der Waals surface area contributed by atoms with E-state index in [1.807, 2.05) is 45.0 Å². The quantitative estimate of drug-likeness (QED) is 0.695. The number of rotatable bonds is 7. The highest BCUT2D eigenvalue weighted by Crippen LogP contribution is 2.10. The van der Waals surface area contributed by atoms with Crippen LogP contribution in [0.15, 0.2) is 24.3 Å². The first kappa shape index (κ1) is 17.2. The number of nitrogens with one attached hydrogen (secondary N) is 1. The van der Waals surface area contributed by atoms with Gasteiger partial charge in [0, 0.05) is 0 Å². The molecule has 5 heteroatoms. The van der Waals surface area contributed by atoms with E-state index in [-0.39, 0.29) is 11.8 Å². The lowest BCUT2D eigenvalue weighted by Gasteiger charge is -2.20. The minimum Gasteiger partial charge on any atom is -0.368 e. The van der Waals surface area contributed by atoms with E-state index in [1.54, 1.807) is 0 Å². The summed E-state index contributed by atoms with van der Waals surface area (Å²) in [6.45, 7) is 5.91. The third-order valence-electron chi connectivity index (χ3n) is 3.40. The van der Waals surface area contributed by atoms with Crippen molar-refractivity contribution in [2.24, 2.45) is 17.4 Å². The maximum absolute atomic E-state index is 12.1. The molecular formula is C16H25N3O2. The second-order valence-electron chi connectivity index (χ2n) is 5.83. The van der Waals surface area contributed by atoms with E-state index < -0.39 is 18.0 Å². The summed E-state index contributed by atoms with van der Waals surface area (Å²) in [4.78, 5) is 23.5. The van der Waals surface area contributed by atoms with Crippen molar-refractivity contribution in [1.82, 2.24) is 5.32 Å². The van der Waals surface area contributed by atoms with Crippen LogP contribution in [-0.2, 0) is 16.0 Å². The molecule has 1 aromatic carbocycles. The summed E-state index contributed by atoms with van der Waals surface area (Å²) in [5.41, 5.74) is 13.4. The van der Waals surface area contributed by atoms with Gasteiger partial charge in [0.25, 0.3) is 0 Å². The number of aryl methyl sites for hydroxylation is 1. The average Bonchev–Trinajstić information content (AvgIpc) is 2.39. The molecule has 1 aromatic rings. The number of carbonyl (C=O) groups excluding carboxylic acids is 2. The predicted molar refractivity (Wildman–Crippen MR) is 83.4 cm³/mol. The molecule has 2 amide bonds. The normalized spacial score (nSPS) is 13.8. The molecule has 1 rings (SSSR count). The van der Waals surface area contributed by atoms with Gasteiger partial charge >= 0.3 is 0 Å². The van der Waals surface area contributed by atoms with E-state index in [9.17, 15) is 9.59 Å². The van der Waals surface area contributed by atoms with Crippen LogP contribution in [-0.4, -0.2) is 23.9 Å². The van der Waals surface area contributed by atoms with Crippen molar-refractivity contribution in [2.45, 2.75) is 45.7 Å². The van der Waals surface area contributed by atoms with Crippen molar-refractivity contribution in [1.29, 1.82) is 0 Å². The maximum atomic E-state index is 12.1. The molecule has 21 heavy (non-hydrogen) atoms. The number of benzene rings is 1. The summed E-state index contributed by atoms with van der Waals surface area (Å²) < 4.78 is 0. The highest BCUT2D eigenvalue weighted by Gasteiger charge is 2.23. The number of nitrogens with two attached hydrogens (primary N) is 2. The number of carbonyl (C=O) groups is 2. The first-order valence-corrected chi connectivity index (χ1v) is 7.21. The lowest BCUT2D eigenvalue weighted by Crippen LogP contribution is -2.51. The molecule has 0 saturated carbocycles. The van der Waals surface area contributed by atoms with Crippen molar-refractivity contribution >= 4 is 11.8 Å². The van der Waals surface area contributed by atoms with E-state index in [2.05, 4.69) is 5.32 Å². The molecule has 0 fully saturated rings. The van der Waals surface area contributed by atoms with Crippen LogP contribution in [0.5, 0.6) is 0 Å². The smallest absolute Gasteiger partial charge is 0.240 e. The molecule has 0 unspecified atom stereocenters. The van der Waals surface area contributed by atoms with Crippen molar-refractivity contribution in [3.8, 4) is 0 Å². The van der Waals surface area contributed by atoms with Gasteiger partial charge in [-0.05, 0) is 36.8 Å². The minimum atomic E-state index is -0.694. The van der Waals surface area contributed by atoms with Gasteiger partial charge in [-0.25, -0.2) is 0 Å². The Hall–Kier alpha value is -1.88. The Morgan fingerprint density at radius 3 is 2.38 bits per heavy atom. The maximum Gasteiger partial charge on any atom is 0.240 e. The van der Waals surface area contributed by atoms with Crippen LogP contribution in [0.3, 0.4) is 0 Å². The van der Waals surface area contributed by atoms with Crippen LogP contribution in [0.1, 0.15) is 31.4 Å². The first-order valence-electron chi connectivity index (χ1n) is 7.21. The molecule has 0 spiro atoms. The molecule has 0 radical (unpaired) electrons. The fourth-order valence-corrected chi connectivity index (χ4v) is 2.17. The summed E-state index contributed by atoms with van der Waals surface area (Å²) in [5, 5.41) is 2.65. The largest absolute Gasteiger partial charge is 0.368 e. The summed E-state index contributed by atoms with van der Waals surface area (Å²) >= 11 is 0. The molecule has 5 nitrogen and oxygen atoms in total. The Kier molecular flexibility index (Phi) is 6.37. The predicted octanol–water partition coefficient (Wildman–Crippen LogP) is 0.881. The Labute approximate surface area is 126 Å². The van der Waals surface area contributed by atoms with Gasteiger partial charge in [0.05, 0.1) is 6.04 Å². The lowest BCUT2D eigenvalue weighted by atomic mass is 9.99. The number of hydrogen-bond donors (Lipinski definition) is 3. The van der Waals surface area contributed by atoms with E-state index in [4.69, 9.17) is 11.5 Å². The van der Waals surface area contributed by atoms with Gasteiger partial charge in [0.2, 0.25) is 11.8 Å². The lowest BCUT2D eigenvalue weighted by molar-refractivity contribution is -0.128. The molecule has 0 aromatic heterocycles. The van der Waals surface area contributed by atoms with Crippen LogP contribution < -0.4 is 16.8 Å². The number of hydrogen-bond acceptors (Lipinski definition) is 3. The zero-order chi connectivity index (χ0) is 16.0. The zero-order valence-electron chi connectivity index (χ0n) is 12.9. The van der Waals surface area contributed by atoms with E-state index in [0.717, 1.165) is 11.1 Å². The fraction of sp³-hybridized carbons (Fsp3) is 0.500. The van der Waals surface area contributed by atoms with Gasteiger partial charge < -0.3 is 16.8 Å². The third kappa shape index (κ3) is 5.55. The molecule has 116 valence electrons. The summed E-state index contributed by atoms with van der Waals surface area (Å²) in [7, 11) is 0. The van der Waals surface area contributed by atoms with Gasteiger partial charge in [0.15, 0.2) is 0 Å². The molecule has 0 aliphatic heterocycles. The monoisotopic (exact) mass is 291 g/mol. The van der Waals surface area contributed by atoms with Crippen LogP contribution >= 0.6 is 0 Å². The van der Waals surface area contributed by atoms with Crippen molar-refractivity contribution in [2.75, 3.05) is 0 Å². The highest BCUT2D eigenvalue weighted by molar-refractivity contribution is 5.89. The third-order valence-corrected chi connectivity index (χ3v) is 3.40. The van der Waals surface area contributed by atoms with Crippen molar-refractivity contribution in [3.05, 3.63) is 35.4 Å². The van der Waals surface area contributed by atoms with Crippen LogP contribution in [0, 0.1) is 12.8 Å². The first-order chi connectivity index (χ1) is 9.81. The van der Waals surface area contributed by atoms with Gasteiger partial charge in [-0.15, -0.1) is 0 Å². The van der Waals surface area contributed by atoms with Gasteiger partial charge in [-0.2, -0.15) is 0 Å². The Morgan fingerprint density at radius 2 is 1.86 bits per heavy atom. The van der Waals surface area contributed by atoms with Gasteiger partial charge in [0.1, 0.15) is 6.04 Å². The van der Waals surface area contributed by atoms with Crippen LogP contribution in [0.25, 0.3) is 0 Å². The molecule has 0 aliphatic rings. The topological polar surface area (TPSA) is 98.2 Å². The molecule has 5 N–H and O–H groups in total. The van der Waals surface area contributed by atoms with E-state index in [1.165, 1.54) is 0 Å². The standard InChI is InChI=1S/C16H25N3O2/c1-10(2)8-14(15(18)20)19-16(21)13(17)9-12-7-5-4-6-11(12)3/h4-7,10,13-14H,8-9,17H2,1-3H3,(H2,18,20)(H,19,21)/t13-,14+/m1/s1. The van der Waals surface area contributed by atoms with Gasteiger partial charge in [-0.1, -0.05) is 38.1 Å². The summed E-state index contributed by atoms with van der Waals surface area (Å²) in [6, 6.07) is 6.42. The second-order valence-corrected chi connectivity index (χ2v) is 5.83. The molecular weight excluding hydrogens is 266 g/mol. The Balaban J connectivity index is 2.65. The van der Waals surface area contributed by atoms with Crippen LogP contribution in [0.2, 0.25) is 0 Å². The Morgan fingerprint density at radius 1 is 1.24 bits per heavy atom. The number of primary amides is 1. The fourth-order valence-electron chi connectivity index (χ4n) is 2.17. The van der Waals surface area contributed by atoms with Crippen molar-refractivity contribution < 1.29 is 9.59 Å². The zero-order valence-corrected chi connectivity index (χ0v) is 12.9. The Bertz CT molecular complexity index is 500. The second kappa shape index (κ2) is 7.78. The SMILES string of the molecule is Cc1ccccc1C[C@@H](N)C(=O)N[C@@H](CC(C)C)C(N)=O. The minimum absolute atomic E-state index is 0.260. The average molecular weight is 291 g/mol. The molecule has 0 bridgehead atoms. The van der Waals surface area contributed by atoms with Crippen molar-refractivity contribution in [3.63, 3.8) is 0 Å². The summed E-state index contributed by atoms with van der Waals surface area (Å²) in [6.07, 6.45) is 0.948. The van der Waals surface area contributed by atoms with Gasteiger partial charge in [-0.3, -0.25) is 9.59 Å². The number of amides is 2. The summed E-state index contributed by atoms with van der Waals surface area (Å²) in [5.74, 6) is -0.613. The highest BCUT2D eigenvalue weighted by atomic mass is 16.2. The van der Waals surface area contributed by atoms with E-state index >= 15 is 0 Å². The molecule has 0 heterocycles. The molecule has 0 saturated heterocycles. The molecule has 0 aliphatic carbocycles. The van der Waals surface area contributed by atoms with Crippen LogP contribution in [0.4, 0.5) is 0 Å². The molecule has 2 atom stereocenters. The van der Waals surface area contributed by atoms with E-state index in [0.29, 0.717) is 12.8 Å².